The fourth-order valence-corrected chi connectivity index (χ4v) is 2.08. The van der Waals surface area contributed by atoms with Crippen molar-refractivity contribution >= 4 is 5.69 Å². The van der Waals surface area contributed by atoms with Gasteiger partial charge in [0.05, 0.1) is 18.1 Å². The Morgan fingerprint density at radius 2 is 1.73 bits per heavy atom. The summed E-state index contributed by atoms with van der Waals surface area (Å²) in [6.45, 7) is -0.0156. The van der Waals surface area contributed by atoms with Crippen LogP contribution in [0.3, 0.4) is 0 Å². The molecule has 0 saturated carbocycles. The smallest absolute Gasteiger partial charge is 0.269 e. The van der Waals surface area contributed by atoms with Crippen molar-refractivity contribution in [3.05, 3.63) is 39.9 Å². The highest BCUT2D eigenvalue weighted by molar-refractivity contribution is 5.32. The maximum absolute atomic E-state index is 10.5. The van der Waals surface area contributed by atoms with Gasteiger partial charge in [-0.2, -0.15) is 0 Å². The van der Waals surface area contributed by atoms with Crippen LogP contribution in [-0.2, 0) is 16.1 Å². The average molecular weight is 315 g/mol. The Morgan fingerprint density at radius 3 is 2.32 bits per heavy atom. The first kappa shape index (κ1) is 16.7. The first-order valence-corrected chi connectivity index (χ1v) is 6.59. The molecule has 0 bridgehead atoms. The van der Waals surface area contributed by atoms with Crippen LogP contribution in [0.15, 0.2) is 24.3 Å². The van der Waals surface area contributed by atoms with Crippen LogP contribution < -0.4 is 0 Å². The molecule has 22 heavy (non-hydrogen) atoms. The zero-order valence-corrected chi connectivity index (χ0v) is 11.5. The number of benzene rings is 1. The van der Waals surface area contributed by atoms with Gasteiger partial charge in [0, 0.05) is 12.1 Å². The van der Waals surface area contributed by atoms with Crippen LogP contribution in [0, 0.1) is 10.1 Å². The summed E-state index contributed by atoms with van der Waals surface area (Å²) in [6, 6.07) is 5.75. The fraction of sp³-hybridized carbons (Fsp3) is 0.538. The van der Waals surface area contributed by atoms with Gasteiger partial charge in [-0.3, -0.25) is 10.1 Å². The van der Waals surface area contributed by atoms with E-state index < -0.39 is 35.6 Å². The van der Waals surface area contributed by atoms with Crippen molar-refractivity contribution in [1.82, 2.24) is 0 Å². The second-order valence-corrected chi connectivity index (χ2v) is 4.98. The van der Waals surface area contributed by atoms with Crippen LogP contribution in [0.5, 0.6) is 0 Å². The number of nitro groups is 1. The van der Waals surface area contributed by atoms with Gasteiger partial charge in [0.2, 0.25) is 0 Å². The quantitative estimate of drug-likeness (QED) is 0.396. The number of aliphatic hydroxyl groups excluding tert-OH is 4. The van der Waals surface area contributed by atoms with E-state index in [0.717, 1.165) is 0 Å². The molecule has 0 amide bonds. The van der Waals surface area contributed by atoms with E-state index in [4.69, 9.17) is 9.47 Å². The topological polar surface area (TPSA) is 143 Å². The van der Waals surface area contributed by atoms with Gasteiger partial charge in [0.15, 0.2) is 6.29 Å². The van der Waals surface area contributed by atoms with E-state index in [1.165, 1.54) is 24.3 Å². The molecule has 1 aliphatic heterocycles. The van der Waals surface area contributed by atoms with Crippen molar-refractivity contribution in [1.29, 1.82) is 0 Å². The third kappa shape index (κ3) is 3.77. The molecule has 9 heteroatoms. The highest BCUT2D eigenvalue weighted by atomic mass is 16.6. The lowest BCUT2D eigenvalue weighted by atomic mass is 9.99. The van der Waals surface area contributed by atoms with Gasteiger partial charge in [-0.25, -0.2) is 0 Å². The maximum atomic E-state index is 10.5. The number of nitro benzene ring substituents is 1. The molecule has 1 aliphatic rings. The zero-order valence-electron chi connectivity index (χ0n) is 11.5. The summed E-state index contributed by atoms with van der Waals surface area (Å²) in [5.74, 6) is 0. The number of non-ortho nitro benzene ring substituents is 1. The normalized spacial score (nSPS) is 31.9. The summed E-state index contributed by atoms with van der Waals surface area (Å²) in [6.07, 6.45) is -7.11. The number of nitrogens with zero attached hydrogens (tertiary/aromatic N) is 1. The largest absolute Gasteiger partial charge is 0.387 e. The summed E-state index contributed by atoms with van der Waals surface area (Å²) in [4.78, 5) is 10.0. The summed E-state index contributed by atoms with van der Waals surface area (Å²) in [5, 5.41) is 48.5. The van der Waals surface area contributed by atoms with Gasteiger partial charge in [-0.15, -0.1) is 0 Å². The molecule has 0 radical (unpaired) electrons. The van der Waals surface area contributed by atoms with Gasteiger partial charge >= 0.3 is 0 Å². The number of ether oxygens (including phenoxy) is 2. The number of rotatable bonds is 5. The van der Waals surface area contributed by atoms with Crippen LogP contribution in [0.25, 0.3) is 0 Å². The maximum Gasteiger partial charge on any atom is 0.269 e. The summed E-state index contributed by atoms with van der Waals surface area (Å²) >= 11 is 0. The minimum absolute atomic E-state index is 0.0324. The van der Waals surface area contributed by atoms with Crippen molar-refractivity contribution in [2.24, 2.45) is 0 Å². The summed E-state index contributed by atoms with van der Waals surface area (Å²) in [5.41, 5.74) is 0.645. The Hall–Kier alpha value is -1.62. The van der Waals surface area contributed by atoms with E-state index in [2.05, 4.69) is 0 Å². The Kier molecular flexibility index (Phi) is 5.40. The molecule has 1 fully saturated rings. The molecule has 9 nitrogen and oxygen atoms in total. The monoisotopic (exact) mass is 315 g/mol. The molecule has 5 atom stereocenters. The Bertz CT molecular complexity index is 507. The molecule has 4 N–H and O–H groups in total. The van der Waals surface area contributed by atoms with E-state index in [-0.39, 0.29) is 18.9 Å². The van der Waals surface area contributed by atoms with Gasteiger partial charge in [-0.05, 0) is 17.7 Å². The Labute approximate surface area is 125 Å². The molecule has 1 aromatic rings. The van der Waals surface area contributed by atoms with Crippen LogP contribution in [-0.4, -0.2) is 62.7 Å². The molecule has 0 spiro atoms. The molecule has 2 rings (SSSR count). The predicted molar refractivity (Wildman–Crippen MR) is 71.7 cm³/mol. The highest BCUT2D eigenvalue weighted by Crippen LogP contribution is 2.20. The zero-order chi connectivity index (χ0) is 16.3. The third-order valence-electron chi connectivity index (χ3n) is 3.39. The van der Waals surface area contributed by atoms with Crippen molar-refractivity contribution in [3.8, 4) is 0 Å². The number of aliphatic hydroxyl groups is 4. The molecular formula is C13H17NO8. The predicted octanol–water partition coefficient (Wildman–Crippen LogP) is -1.09. The summed E-state index contributed by atoms with van der Waals surface area (Å²) < 4.78 is 10.3. The van der Waals surface area contributed by atoms with Crippen LogP contribution in [0.4, 0.5) is 5.69 Å². The first-order valence-electron chi connectivity index (χ1n) is 6.59. The van der Waals surface area contributed by atoms with Crippen LogP contribution >= 0.6 is 0 Å². The Balaban J connectivity index is 1.84. The lowest BCUT2D eigenvalue weighted by Gasteiger charge is -2.38. The van der Waals surface area contributed by atoms with Gasteiger partial charge in [0.25, 0.3) is 5.69 Å². The highest BCUT2D eigenvalue weighted by Gasteiger charge is 2.42. The van der Waals surface area contributed by atoms with Crippen LogP contribution in [0.2, 0.25) is 0 Å². The molecular weight excluding hydrogens is 298 g/mol. The second-order valence-electron chi connectivity index (χ2n) is 4.98. The minimum atomic E-state index is -1.61. The molecule has 1 saturated heterocycles. The molecule has 122 valence electrons. The second kappa shape index (κ2) is 7.09. The average Bonchev–Trinajstić information content (AvgIpc) is 2.50. The van der Waals surface area contributed by atoms with Crippen molar-refractivity contribution in [3.63, 3.8) is 0 Å². The van der Waals surface area contributed by atoms with E-state index in [0.29, 0.717) is 5.56 Å². The van der Waals surface area contributed by atoms with Gasteiger partial charge in [0.1, 0.15) is 24.4 Å². The lowest BCUT2D eigenvalue weighted by Crippen LogP contribution is -2.58. The van der Waals surface area contributed by atoms with Crippen molar-refractivity contribution in [2.45, 2.75) is 37.3 Å². The van der Waals surface area contributed by atoms with Gasteiger partial charge in [-0.1, -0.05) is 0 Å². The lowest BCUT2D eigenvalue weighted by molar-refractivity contribution is -0.384. The Morgan fingerprint density at radius 1 is 1.09 bits per heavy atom. The van der Waals surface area contributed by atoms with Crippen LogP contribution in [0.1, 0.15) is 5.56 Å². The van der Waals surface area contributed by atoms with E-state index in [1.54, 1.807) is 0 Å². The standard InChI is InChI=1S/C13H17NO8/c15-10-9(22-13(18)12(17)11(10)16)6-21-5-7-1-3-8(4-2-7)14(19)20/h1-4,9-13,15-18H,5-6H2/t9-,10-,11+,12-,13?/m1/s1. The third-order valence-corrected chi connectivity index (χ3v) is 3.39. The summed E-state index contributed by atoms with van der Waals surface area (Å²) in [7, 11) is 0. The fourth-order valence-electron chi connectivity index (χ4n) is 2.08. The van der Waals surface area contributed by atoms with E-state index in [1.807, 2.05) is 0 Å². The SMILES string of the molecule is O=[N+]([O-])c1ccc(COC[C@H]2OC(O)[C@H](O)[C@@H](O)[C@@H]2O)cc1. The number of hydrogen-bond donors (Lipinski definition) is 4. The van der Waals surface area contributed by atoms with Gasteiger partial charge < -0.3 is 29.9 Å². The minimum Gasteiger partial charge on any atom is -0.387 e. The molecule has 0 aromatic heterocycles. The molecule has 1 heterocycles. The van der Waals surface area contributed by atoms with E-state index >= 15 is 0 Å². The molecule has 1 unspecified atom stereocenters. The van der Waals surface area contributed by atoms with Crippen molar-refractivity contribution < 1.29 is 34.8 Å². The molecule has 0 aliphatic carbocycles. The first-order chi connectivity index (χ1) is 10.4. The van der Waals surface area contributed by atoms with Crippen molar-refractivity contribution in [2.75, 3.05) is 6.61 Å². The number of hydrogen-bond acceptors (Lipinski definition) is 8. The van der Waals surface area contributed by atoms with E-state index in [9.17, 15) is 30.5 Å². The molecule has 1 aromatic carbocycles.